The minimum atomic E-state index is -0.980. The first-order valence-corrected chi connectivity index (χ1v) is 6.08. The summed E-state index contributed by atoms with van der Waals surface area (Å²) in [7, 11) is 1.72. The van der Waals surface area contributed by atoms with Crippen molar-refractivity contribution in [2.24, 2.45) is 0 Å². The molecule has 5 heteroatoms. The summed E-state index contributed by atoms with van der Waals surface area (Å²) in [4.78, 5) is 14.7. The van der Waals surface area contributed by atoms with E-state index in [2.05, 4.69) is 4.98 Å². The lowest BCUT2D eigenvalue weighted by molar-refractivity contribution is 0.0195. The van der Waals surface area contributed by atoms with E-state index in [0.717, 1.165) is 25.7 Å². The number of rotatable bonds is 4. The van der Waals surface area contributed by atoms with Gasteiger partial charge in [-0.15, -0.1) is 0 Å². The van der Waals surface area contributed by atoms with Gasteiger partial charge in [-0.05, 0) is 25.3 Å². The van der Waals surface area contributed by atoms with Crippen molar-refractivity contribution >= 4 is 5.97 Å². The maximum Gasteiger partial charge on any atom is 0.337 e. The van der Waals surface area contributed by atoms with Crippen LogP contribution in [0.1, 0.15) is 36.0 Å². The number of hydrogen-bond donors (Lipinski definition) is 1. The molecule has 1 saturated carbocycles. The predicted octanol–water partition coefficient (Wildman–Crippen LogP) is 2.12. The number of hydrogen-bond acceptors (Lipinski definition) is 4. The van der Waals surface area contributed by atoms with Crippen LogP contribution in [-0.2, 0) is 4.74 Å². The summed E-state index contributed by atoms with van der Waals surface area (Å²) in [5.41, 5.74) is 0.167. The van der Waals surface area contributed by atoms with Gasteiger partial charge in [0.05, 0.1) is 11.7 Å². The van der Waals surface area contributed by atoms with Crippen molar-refractivity contribution in [1.29, 1.82) is 0 Å². The van der Waals surface area contributed by atoms with Gasteiger partial charge in [0.1, 0.15) is 6.10 Å². The monoisotopic (exact) mass is 251 g/mol. The van der Waals surface area contributed by atoms with Crippen LogP contribution in [0, 0.1) is 0 Å². The van der Waals surface area contributed by atoms with Gasteiger partial charge in [-0.2, -0.15) is 0 Å². The number of pyridine rings is 1. The Labute approximate surface area is 106 Å². The molecule has 1 aromatic rings. The van der Waals surface area contributed by atoms with Crippen molar-refractivity contribution in [3.8, 4) is 5.88 Å². The molecule has 0 amide bonds. The zero-order valence-corrected chi connectivity index (χ0v) is 10.3. The van der Waals surface area contributed by atoms with Crippen molar-refractivity contribution < 1.29 is 19.4 Å². The second kappa shape index (κ2) is 5.82. The van der Waals surface area contributed by atoms with Gasteiger partial charge in [0.2, 0.25) is 5.88 Å². The van der Waals surface area contributed by atoms with Gasteiger partial charge >= 0.3 is 5.97 Å². The van der Waals surface area contributed by atoms with Gasteiger partial charge in [-0.25, -0.2) is 9.78 Å². The highest BCUT2D eigenvalue weighted by Gasteiger charge is 2.23. The average Bonchev–Trinajstić information content (AvgIpc) is 2.39. The zero-order chi connectivity index (χ0) is 13.0. The number of ether oxygens (including phenoxy) is 2. The average molecular weight is 251 g/mol. The van der Waals surface area contributed by atoms with E-state index in [0.29, 0.717) is 5.88 Å². The number of carboxylic acid groups (broad SMARTS) is 1. The molecule has 5 nitrogen and oxygen atoms in total. The second-order valence-electron chi connectivity index (χ2n) is 4.45. The molecule has 98 valence electrons. The van der Waals surface area contributed by atoms with Gasteiger partial charge in [-0.1, -0.05) is 0 Å². The minimum Gasteiger partial charge on any atom is -0.478 e. The molecule has 2 atom stereocenters. The molecular formula is C13H17NO4. The van der Waals surface area contributed by atoms with Crippen LogP contribution in [0.5, 0.6) is 5.88 Å². The Kier molecular flexibility index (Phi) is 4.15. The Hall–Kier alpha value is -1.62. The topological polar surface area (TPSA) is 68.7 Å². The molecule has 1 aliphatic carbocycles. The molecule has 18 heavy (non-hydrogen) atoms. The Bertz CT molecular complexity index is 404. The van der Waals surface area contributed by atoms with Crippen LogP contribution in [0.4, 0.5) is 0 Å². The fourth-order valence-corrected chi connectivity index (χ4v) is 2.17. The third kappa shape index (κ3) is 3.20. The van der Waals surface area contributed by atoms with Crippen molar-refractivity contribution in [1.82, 2.24) is 4.98 Å². The smallest absolute Gasteiger partial charge is 0.337 e. The standard InChI is InChI=1S/C13H17NO4/c1-17-10-3-2-4-11(7-10)18-12-6-5-9(8-14-12)13(15)16/h5-6,8,10-11H,2-4,7H2,1H3,(H,15,16). The molecule has 0 spiro atoms. The van der Waals surface area contributed by atoms with Crippen LogP contribution in [0.2, 0.25) is 0 Å². The highest BCUT2D eigenvalue weighted by molar-refractivity contribution is 5.87. The first-order valence-electron chi connectivity index (χ1n) is 6.08. The van der Waals surface area contributed by atoms with Crippen molar-refractivity contribution in [2.75, 3.05) is 7.11 Å². The number of aromatic carboxylic acids is 1. The van der Waals surface area contributed by atoms with Gasteiger partial charge in [-0.3, -0.25) is 0 Å². The van der Waals surface area contributed by atoms with E-state index < -0.39 is 5.97 Å². The molecule has 1 aliphatic rings. The summed E-state index contributed by atoms with van der Waals surface area (Å²) in [5.74, 6) is -0.507. The Morgan fingerprint density at radius 2 is 2.17 bits per heavy atom. The molecule has 1 fully saturated rings. The van der Waals surface area contributed by atoms with Gasteiger partial charge in [0.15, 0.2) is 0 Å². The van der Waals surface area contributed by atoms with Crippen LogP contribution in [-0.4, -0.2) is 35.4 Å². The predicted molar refractivity (Wildman–Crippen MR) is 64.9 cm³/mol. The van der Waals surface area contributed by atoms with Crippen LogP contribution < -0.4 is 4.74 Å². The molecule has 1 aromatic heterocycles. The lowest BCUT2D eigenvalue weighted by atomic mass is 9.95. The first-order chi connectivity index (χ1) is 8.69. The highest BCUT2D eigenvalue weighted by Crippen LogP contribution is 2.24. The van der Waals surface area contributed by atoms with E-state index in [4.69, 9.17) is 14.6 Å². The largest absolute Gasteiger partial charge is 0.478 e. The van der Waals surface area contributed by atoms with Gasteiger partial charge in [0.25, 0.3) is 0 Å². The van der Waals surface area contributed by atoms with E-state index >= 15 is 0 Å². The Morgan fingerprint density at radius 3 is 2.78 bits per heavy atom. The van der Waals surface area contributed by atoms with Crippen LogP contribution in [0.25, 0.3) is 0 Å². The van der Waals surface area contributed by atoms with Crippen LogP contribution in [0.15, 0.2) is 18.3 Å². The highest BCUT2D eigenvalue weighted by atomic mass is 16.5. The molecule has 0 radical (unpaired) electrons. The maximum atomic E-state index is 10.7. The minimum absolute atomic E-state index is 0.104. The zero-order valence-electron chi connectivity index (χ0n) is 10.3. The molecule has 0 aromatic carbocycles. The molecular weight excluding hydrogens is 234 g/mol. The fraction of sp³-hybridized carbons (Fsp3) is 0.538. The van der Waals surface area contributed by atoms with E-state index in [1.54, 1.807) is 13.2 Å². The maximum absolute atomic E-state index is 10.7. The van der Waals surface area contributed by atoms with Crippen molar-refractivity contribution in [2.45, 2.75) is 37.9 Å². The van der Waals surface area contributed by atoms with Crippen molar-refractivity contribution in [3.63, 3.8) is 0 Å². The number of carboxylic acids is 1. The quantitative estimate of drug-likeness (QED) is 0.887. The lowest BCUT2D eigenvalue weighted by Crippen LogP contribution is -2.29. The molecule has 1 N–H and O–H groups in total. The molecule has 0 bridgehead atoms. The number of carbonyl (C=O) groups is 1. The van der Waals surface area contributed by atoms with Crippen LogP contribution in [0.3, 0.4) is 0 Å². The number of methoxy groups -OCH3 is 1. The molecule has 2 unspecified atom stereocenters. The normalized spacial score (nSPS) is 23.6. The van der Waals surface area contributed by atoms with Gasteiger partial charge in [0, 0.05) is 25.8 Å². The summed E-state index contributed by atoms with van der Waals surface area (Å²) in [6.45, 7) is 0. The number of aromatic nitrogens is 1. The fourth-order valence-electron chi connectivity index (χ4n) is 2.17. The third-order valence-corrected chi connectivity index (χ3v) is 3.18. The second-order valence-corrected chi connectivity index (χ2v) is 4.45. The van der Waals surface area contributed by atoms with E-state index in [1.165, 1.54) is 12.3 Å². The van der Waals surface area contributed by atoms with E-state index in [9.17, 15) is 4.79 Å². The SMILES string of the molecule is COC1CCCC(Oc2ccc(C(=O)O)cn2)C1. The molecule has 1 heterocycles. The molecule has 0 saturated heterocycles. The first kappa shape index (κ1) is 12.8. The summed E-state index contributed by atoms with van der Waals surface area (Å²) in [6, 6.07) is 3.10. The van der Waals surface area contributed by atoms with E-state index in [-0.39, 0.29) is 17.8 Å². The summed E-state index contributed by atoms with van der Waals surface area (Å²) >= 11 is 0. The lowest BCUT2D eigenvalue weighted by Gasteiger charge is -2.28. The summed E-state index contributed by atoms with van der Waals surface area (Å²) in [5, 5.41) is 8.77. The number of nitrogens with zero attached hydrogens (tertiary/aromatic N) is 1. The molecule has 0 aliphatic heterocycles. The van der Waals surface area contributed by atoms with Gasteiger partial charge < -0.3 is 14.6 Å². The molecule has 2 rings (SSSR count). The summed E-state index contributed by atoms with van der Waals surface area (Å²) in [6.07, 6.45) is 5.67. The van der Waals surface area contributed by atoms with Crippen molar-refractivity contribution in [3.05, 3.63) is 23.9 Å². The van der Waals surface area contributed by atoms with E-state index in [1.807, 2.05) is 0 Å². The van der Waals surface area contributed by atoms with Crippen LogP contribution >= 0.6 is 0 Å². The Balaban J connectivity index is 1.94. The Morgan fingerprint density at radius 1 is 1.39 bits per heavy atom. The third-order valence-electron chi connectivity index (χ3n) is 3.18. The summed E-state index contributed by atoms with van der Waals surface area (Å²) < 4.78 is 11.1.